The van der Waals surface area contributed by atoms with E-state index in [1.54, 1.807) is 0 Å². The standard InChI is InChI=1S/C57H37N3O/c1-5-15-38(16-6-1)44-23-13-24-45(33-44)41-27-29-43(30-28-41)55-58-56(46-31-32-51-53(37-46)61-52-26-14-25-50(54(51)52)42-21-11-4-12-22-42)60-57(59-55)49-35-47(39-17-7-2-8-18-39)34-48(36-49)40-19-9-3-10-20-40/h1-37H/i4D,11D,12D,14D,21D,22D,25D,26D,31D,32D,37D. The minimum Gasteiger partial charge on any atom is -0.456 e. The van der Waals surface area contributed by atoms with E-state index in [-0.39, 0.29) is 50.5 Å². The van der Waals surface area contributed by atoms with Crippen LogP contribution in [0.5, 0.6) is 0 Å². The van der Waals surface area contributed by atoms with E-state index in [0.717, 1.165) is 44.5 Å². The Morgan fingerprint density at radius 3 is 1.44 bits per heavy atom. The first-order valence-electron chi connectivity index (χ1n) is 25.1. The molecule has 61 heavy (non-hydrogen) atoms. The van der Waals surface area contributed by atoms with Gasteiger partial charge in [-0.2, -0.15) is 0 Å². The van der Waals surface area contributed by atoms with Gasteiger partial charge in [-0.25, -0.2) is 15.0 Å². The largest absolute Gasteiger partial charge is 0.456 e. The molecule has 0 amide bonds. The Bertz CT molecular complexity index is 3900. The zero-order valence-corrected chi connectivity index (χ0v) is 32.3. The number of hydrogen-bond acceptors (Lipinski definition) is 4. The van der Waals surface area contributed by atoms with Crippen LogP contribution in [0.15, 0.2) is 229 Å². The molecule has 9 aromatic carbocycles. The summed E-state index contributed by atoms with van der Waals surface area (Å²) in [5, 5.41) is -0.414. The summed E-state index contributed by atoms with van der Waals surface area (Å²) >= 11 is 0. The van der Waals surface area contributed by atoms with E-state index in [0.29, 0.717) is 11.1 Å². The summed E-state index contributed by atoms with van der Waals surface area (Å²) in [6, 6.07) is 45.0. The Morgan fingerprint density at radius 1 is 0.328 bits per heavy atom. The van der Waals surface area contributed by atoms with Gasteiger partial charge in [0.1, 0.15) is 11.2 Å². The Kier molecular flexibility index (Phi) is 6.61. The van der Waals surface area contributed by atoms with Gasteiger partial charge in [0.15, 0.2) is 17.5 Å². The van der Waals surface area contributed by atoms with E-state index in [9.17, 15) is 4.11 Å². The van der Waals surface area contributed by atoms with Crippen molar-refractivity contribution in [2.75, 3.05) is 0 Å². The van der Waals surface area contributed by atoms with Crippen molar-refractivity contribution in [3.63, 3.8) is 0 Å². The second-order valence-corrected chi connectivity index (χ2v) is 14.4. The zero-order valence-electron chi connectivity index (χ0n) is 43.3. The van der Waals surface area contributed by atoms with Crippen molar-refractivity contribution in [2.24, 2.45) is 0 Å². The third-order valence-corrected chi connectivity index (χ3v) is 10.5. The maximum atomic E-state index is 9.72. The molecule has 0 unspecified atom stereocenters. The molecule has 2 heterocycles. The lowest BCUT2D eigenvalue weighted by Gasteiger charge is -2.13. The van der Waals surface area contributed by atoms with Crippen LogP contribution >= 0.6 is 0 Å². The van der Waals surface area contributed by atoms with Crippen LogP contribution in [0.3, 0.4) is 0 Å². The molecule has 11 rings (SSSR count). The number of benzene rings is 9. The molecule has 4 heteroatoms. The van der Waals surface area contributed by atoms with Crippen LogP contribution in [0.4, 0.5) is 0 Å². The lowest BCUT2D eigenvalue weighted by Crippen LogP contribution is -2.00. The second-order valence-electron chi connectivity index (χ2n) is 14.4. The minimum atomic E-state index is -0.692. The fraction of sp³-hybridized carbons (Fsp3) is 0. The van der Waals surface area contributed by atoms with Crippen molar-refractivity contribution >= 4 is 21.9 Å². The minimum absolute atomic E-state index is 0.133. The summed E-state index contributed by atoms with van der Waals surface area (Å²) in [7, 11) is 0. The molecule has 2 aromatic heterocycles. The Balaban J connectivity index is 1.15. The highest BCUT2D eigenvalue weighted by atomic mass is 16.3. The quantitative estimate of drug-likeness (QED) is 0.154. The van der Waals surface area contributed by atoms with Crippen molar-refractivity contribution in [1.82, 2.24) is 15.0 Å². The van der Waals surface area contributed by atoms with Gasteiger partial charge in [0.05, 0.1) is 15.1 Å². The van der Waals surface area contributed by atoms with Gasteiger partial charge in [0, 0.05) is 27.5 Å². The molecule has 0 aliphatic carbocycles. The van der Waals surface area contributed by atoms with Gasteiger partial charge >= 0.3 is 0 Å². The molecule has 11 aromatic rings. The van der Waals surface area contributed by atoms with Crippen LogP contribution in [0.1, 0.15) is 15.1 Å². The second kappa shape index (κ2) is 15.5. The topological polar surface area (TPSA) is 51.8 Å². The van der Waals surface area contributed by atoms with Crippen molar-refractivity contribution in [1.29, 1.82) is 0 Å². The van der Waals surface area contributed by atoms with Crippen LogP contribution in [-0.4, -0.2) is 15.0 Å². The zero-order chi connectivity index (χ0) is 50.1. The Labute approximate surface area is 369 Å². The first-order chi connectivity index (χ1) is 34.8. The SMILES string of the molecule is [2H]c1c([2H])c([2H])c(-c2c([2H])c([2H])c([2H])c3oc4c([2H])c(-c5nc(-c6ccc(-c7cccc(-c8ccccc8)c7)cc6)nc(-c6cc(-c7ccccc7)cc(-c7ccccc7)c6)n5)c([2H])c([2H])c4c23)c([2H])c1[2H]. The normalized spacial score (nSPS) is 13.8. The fourth-order valence-corrected chi connectivity index (χ4v) is 7.54. The highest BCUT2D eigenvalue weighted by Crippen LogP contribution is 2.39. The molecule has 0 saturated heterocycles. The predicted octanol–water partition coefficient (Wildman–Crippen LogP) is 15.1. The van der Waals surface area contributed by atoms with Gasteiger partial charge in [-0.1, -0.05) is 182 Å². The van der Waals surface area contributed by atoms with Crippen molar-refractivity contribution < 1.29 is 19.5 Å². The van der Waals surface area contributed by atoms with Crippen LogP contribution in [0, 0.1) is 0 Å². The van der Waals surface area contributed by atoms with Gasteiger partial charge in [-0.3, -0.25) is 0 Å². The maximum Gasteiger partial charge on any atom is 0.164 e. The molecule has 0 aliphatic heterocycles. The van der Waals surface area contributed by atoms with E-state index in [2.05, 4.69) is 30.3 Å². The highest BCUT2D eigenvalue weighted by molar-refractivity contribution is 6.13. The van der Waals surface area contributed by atoms with E-state index in [4.69, 9.17) is 30.3 Å². The number of furan rings is 1. The maximum absolute atomic E-state index is 9.72. The third-order valence-electron chi connectivity index (χ3n) is 10.5. The third kappa shape index (κ3) is 7.07. The molecule has 0 saturated carbocycles. The monoisotopic (exact) mass is 790 g/mol. The van der Waals surface area contributed by atoms with E-state index in [1.807, 2.05) is 127 Å². The van der Waals surface area contributed by atoms with E-state index >= 15 is 0 Å². The van der Waals surface area contributed by atoms with Crippen molar-refractivity contribution in [3.05, 3.63) is 224 Å². The van der Waals surface area contributed by atoms with Crippen LogP contribution in [0.2, 0.25) is 0 Å². The molecule has 0 fully saturated rings. The first-order valence-corrected chi connectivity index (χ1v) is 19.6. The molecule has 0 bridgehead atoms. The molecular formula is C57H37N3O. The predicted molar refractivity (Wildman–Crippen MR) is 251 cm³/mol. The number of hydrogen-bond donors (Lipinski definition) is 0. The van der Waals surface area contributed by atoms with Crippen molar-refractivity contribution in [3.8, 4) is 89.8 Å². The summed E-state index contributed by atoms with van der Waals surface area (Å²) in [5.74, 6) is 0.274. The Hall–Kier alpha value is -8.21. The molecular weight excluding hydrogens is 743 g/mol. The van der Waals surface area contributed by atoms with Gasteiger partial charge in [0.25, 0.3) is 0 Å². The number of nitrogens with zero attached hydrogens (tertiary/aromatic N) is 3. The summed E-state index contributed by atoms with van der Waals surface area (Å²) in [5.41, 5.74) is 7.23. The molecule has 0 aliphatic rings. The lowest BCUT2D eigenvalue weighted by atomic mass is 9.95. The van der Waals surface area contributed by atoms with Crippen LogP contribution in [0.25, 0.3) is 112 Å². The molecule has 4 nitrogen and oxygen atoms in total. The van der Waals surface area contributed by atoms with E-state index < -0.39 is 72.0 Å². The van der Waals surface area contributed by atoms with Gasteiger partial charge in [-0.15, -0.1) is 0 Å². The summed E-state index contributed by atoms with van der Waals surface area (Å²) in [6.45, 7) is 0. The first kappa shape index (κ1) is 26.0. The summed E-state index contributed by atoms with van der Waals surface area (Å²) in [6.07, 6.45) is 0. The van der Waals surface area contributed by atoms with Gasteiger partial charge in [0.2, 0.25) is 0 Å². The molecule has 0 N–H and O–H groups in total. The lowest BCUT2D eigenvalue weighted by molar-refractivity contribution is 0.669. The van der Waals surface area contributed by atoms with Gasteiger partial charge < -0.3 is 4.42 Å². The molecule has 286 valence electrons. The molecule has 0 atom stereocenters. The number of rotatable bonds is 8. The smallest absolute Gasteiger partial charge is 0.164 e. The van der Waals surface area contributed by atoms with E-state index in [1.165, 1.54) is 0 Å². The van der Waals surface area contributed by atoms with Gasteiger partial charge in [-0.05, 0) is 98.0 Å². The van der Waals surface area contributed by atoms with Crippen molar-refractivity contribution in [2.45, 2.75) is 0 Å². The highest BCUT2D eigenvalue weighted by Gasteiger charge is 2.18. The molecule has 0 spiro atoms. The Morgan fingerprint density at radius 2 is 0.820 bits per heavy atom. The average Bonchev–Trinajstić information content (AvgIpc) is 3.83. The summed E-state index contributed by atoms with van der Waals surface area (Å²) in [4.78, 5) is 14.9. The summed E-state index contributed by atoms with van der Waals surface area (Å²) < 4.78 is 104. The average molecular weight is 791 g/mol. The van der Waals surface area contributed by atoms with Crippen LogP contribution < -0.4 is 0 Å². The number of aromatic nitrogens is 3. The number of fused-ring (bicyclic) bond motifs is 3. The van der Waals surface area contributed by atoms with Crippen LogP contribution in [-0.2, 0) is 0 Å². The fourth-order valence-electron chi connectivity index (χ4n) is 7.54. The molecule has 0 radical (unpaired) electrons.